The van der Waals surface area contributed by atoms with Crippen LogP contribution in [0.5, 0.6) is 23.0 Å². The van der Waals surface area contributed by atoms with Crippen molar-refractivity contribution in [2.24, 2.45) is 0 Å². The largest absolute Gasteiger partial charge is 0.493 e. The fraction of sp³-hybridized carbons (Fsp3) is 0.429. The van der Waals surface area contributed by atoms with Gasteiger partial charge < -0.3 is 48.4 Å². The lowest BCUT2D eigenvalue weighted by molar-refractivity contribution is 0.0492. The Morgan fingerprint density at radius 1 is 0.563 bits per heavy atom. The molecule has 2 fully saturated rings. The number of methoxy groups -OCH3 is 2. The van der Waals surface area contributed by atoms with Gasteiger partial charge >= 0.3 is 12.2 Å². The zero-order chi connectivity index (χ0) is 50.5. The van der Waals surface area contributed by atoms with Crippen molar-refractivity contribution in [3.63, 3.8) is 0 Å². The first-order chi connectivity index (χ1) is 34.1. The Hall–Kier alpha value is -5.98. The number of rotatable bonds is 18. The van der Waals surface area contributed by atoms with Crippen molar-refractivity contribution in [3.05, 3.63) is 96.1 Å². The molecule has 0 bridgehead atoms. The van der Waals surface area contributed by atoms with Gasteiger partial charge in [-0.3, -0.25) is 27.8 Å². The number of amides is 4. The second-order valence-corrected chi connectivity index (χ2v) is 21.8. The molecular weight excluding hydrogens is 965 g/mol. The molecule has 4 heterocycles. The number of benzene rings is 4. The van der Waals surface area contributed by atoms with Gasteiger partial charge in [0.2, 0.25) is 0 Å². The van der Waals surface area contributed by atoms with Crippen LogP contribution in [0.3, 0.4) is 0 Å². The Kier molecular flexibility index (Phi) is 16.1. The molecule has 4 aliphatic rings. The Bertz CT molecular complexity index is 2380. The average molecular weight is 1030 g/mol. The van der Waals surface area contributed by atoms with Crippen LogP contribution >= 0.6 is 21.2 Å². The number of fused-ring (bicyclic) bond motifs is 4. The van der Waals surface area contributed by atoms with Crippen LogP contribution in [0.25, 0.3) is 0 Å². The zero-order valence-electron chi connectivity index (χ0n) is 39.4. The van der Waals surface area contributed by atoms with Gasteiger partial charge in [-0.1, -0.05) is 36.4 Å². The molecule has 22 heteroatoms. The highest BCUT2D eigenvalue weighted by molar-refractivity contribution is 8.24. The van der Waals surface area contributed by atoms with Gasteiger partial charge in [-0.15, -0.1) is 0 Å². The molecule has 6 N–H and O–H groups in total. The van der Waals surface area contributed by atoms with Crippen LogP contribution < -0.4 is 28.7 Å². The molecule has 4 aromatic carbocycles. The van der Waals surface area contributed by atoms with E-state index >= 15 is 0 Å². The van der Waals surface area contributed by atoms with Crippen molar-refractivity contribution in [2.45, 2.75) is 79.3 Å². The van der Waals surface area contributed by atoms with Crippen molar-refractivity contribution in [2.75, 3.05) is 75.0 Å². The summed E-state index contributed by atoms with van der Waals surface area (Å²) in [7, 11) is -3.75. The molecule has 4 aliphatic heterocycles. The van der Waals surface area contributed by atoms with Crippen molar-refractivity contribution < 1.29 is 76.0 Å². The van der Waals surface area contributed by atoms with E-state index < -0.39 is 69.7 Å². The van der Waals surface area contributed by atoms with Gasteiger partial charge in [0.1, 0.15) is 13.2 Å². The summed E-state index contributed by atoms with van der Waals surface area (Å²) in [4.78, 5) is 61.1. The first-order valence-corrected chi connectivity index (χ1v) is 26.8. The zero-order valence-corrected chi connectivity index (χ0v) is 41.0. The number of aliphatic hydroxyl groups is 2. The monoisotopic (exact) mass is 1020 g/mol. The van der Waals surface area contributed by atoms with Crippen molar-refractivity contribution in [3.8, 4) is 23.0 Å². The minimum absolute atomic E-state index is 0.0401. The Morgan fingerprint density at radius 2 is 0.958 bits per heavy atom. The predicted octanol–water partition coefficient (Wildman–Crippen LogP) is 7.71. The Labute approximate surface area is 414 Å². The summed E-state index contributed by atoms with van der Waals surface area (Å²) < 4.78 is 77.7. The van der Waals surface area contributed by atoms with Crippen LogP contribution in [0.15, 0.2) is 94.7 Å². The molecule has 0 spiro atoms. The second-order valence-electron chi connectivity index (χ2n) is 17.4. The summed E-state index contributed by atoms with van der Waals surface area (Å²) in [6.45, 7) is 0.302. The van der Waals surface area contributed by atoms with Gasteiger partial charge in [0.25, 0.3) is 11.8 Å². The lowest BCUT2D eigenvalue weighted by Gasteiger charge is -2.34. The van der Waals surface area contributed by atoms with Crippen LogP contribution in [0.4, 0.5) is 21.0 Å². The minimum atomic E-state index is -3.29. The van der Waals surface area contributed by atoms with E-state index in [2.05, 4.69) is 0 Å². The molecule has 0 aromatic heterocycles. The standard InChI is InChI=1S/C49H60N4O16S2/c1-64-40-28-34-38(52(46(56)36-18-12-20-50(36)44(34)54)48(58)68-24-26-70(60,61)32-14-6-3-7-15-32)30-42(40)66-22-10-5-11-23-67-43-31-39-35(29-41(43)65-2)45(55)51-21-13-19-37(51)47(57)53(39)49(59)69-25-27-71(62,63)33-16-8-4-9-17-33/h3-4,6-9,14-17,28-31,36-37,46-47,56-57,60-63H,5,10-13,18-27H2,1-2H3/t36-,37?,46-,47-/m0/s1. The third kappa shape index (κ3) is 10.9. The Balaban J connectivity index is 0.918. The second kappa shape index (κ2) is 22.2. The van der Waals surface area contributed by atoms with E-state index in [1.807, 2.05) is 0 Å². The highest BCUT2D eigenvalue weighted by Gasteiger charge is 2.47. The number of carbonyl (C=O) groups is 4. The lowest BCUT2D eigenvalue weighted by atomic mass is 10.1. The van der Waals surface area contributed by atoms with E-state index in [0.717, 1.165) is 9.80 Å². The number of unbranched alkanes of at least 4 members (excludes halogenated alkanes) is 2. The predicted molar refractivity (Wildman–Crippen MR) is 263 cm³/mol. The molecule has 8 rings (SSSR count). The average Bonchev–Trinajstić information content (AvgIpc) is 4.05. The quantitative estimate of drug-likeness (QED) is 0.0522. The molecule has 384 valence electrons. The summed E-state index contributed by atoms with van der Waals surface area (Å²) in [6, 6.07) is 20.8. The van der Waals surface area contributed by atoms with Crippen LogP contribution in [0.1, 0.15) is 65.7 Å². The van der Waals surface area contributed by atoms with Gasteiger partial charge in [-0.2, -0.15) is 21.2 Å². The van der Waals surface area contributed by atoms with Gasteiger partial charge in [0.05, 0.1) is 83.3 Å². The Morgan fingerprint density at radius 3 is 1.34 bits per heavy atom. The summed E-state index contributed by atoms with van der Waals surface area (Å²) in [5.74, 6) is -0.548. The normalized spacial score (nSPS) is 20.2. The third-order valence-corrected chi connectivity index (χ3v) is 16.5. The number of hydrogen-bond acceptors (Lipinski definition) is 16. The smallest absolute Gasteiger partial charge is 0.416 e. The molecular formula is C49H60N4O16S2. The maximum Gasteiger partial charge on any atom is 0.416 e. The van der Waals surface area contributed by atoms with Crippen LogP contribution in [-0.4, -0.2) is 152 Å². The highest BCUT2D eigenvalue weighted by atomic mass is 32.3. The molecule has 2 saturated heterocycles. The molecule has 0 radical (unpaired) electrons. The molecule has 0 saturated carbocycles. The van der Waals surface area contributed by atoms with Crippen molar-refractivity contribution in [1.29, 1.82) is 0 Å². The number of ether oxygens (including phenoxy) is 6. The van der Waals surface area contributed by atoms with Crippen LogP contribution in [-0.2, 0) is 9.47 Å². The lowest BCUT2D eigenvalue weighted by Crippen LogP contribution is -2.51. The topological polar surface area (TPSA) is 258 Å². The van der Waals surface area contributed by atoms with E-state index in [1.165, 1.54) is 48.3 Å². The van der Waals surface area contributed by atoms with E-state index in [0.29, 0.717) is 67.8 Å². The van der Waals surface area contributed by atoms with Gasteiger partial charge in [0, 0.05) is 25.2 Å². The van der Waals surface area contributed by atoms with Crippen molar-refractivity contribution >= 4 is 56.6 Å². The molecule has 1 unspecified atom stereocenters. The van der Waals surface area contributed by atoms with Crippen LogP contribution in [0, 0.1) is 0 Å². The molecule has 0 aliphatic carbocycles. The summed E-state index contributed by atoms with van der Waals surface area (Å²) in [5, 5.41) is 23.3. The molecule has 4 aromatic rings. The molecule has 4 amide bonds. The summed E-state index contributed by atoms with van der Waals surface area (Å²) in [6.07, 6.45) is -1.23. The minimum Gasteiger partial charge on any atom is -0.493 e. The first-order valence-electron chi connectivity index (χ1n) is 23.4. The van der Waals surface area contributed by atoms with E-state index in [4.69, 9.17) is 28.4 Å². The number of nitrogens with zero attached hydrogens (tertiary/aromatic N) is 4. The van der Waals surface area contributed by atoms with E-state index in [9.17, 15) is 47.6 Å². The van der Waals surface area contributed by atoms with Gasteiger partial charge in [0.15, 0.2) is 35.5 Å². The third-order valence-electron chi connectivity index (χ3n) is 13.0. The summed E-state index contributed by atoms with van der Waals surface area (Å²) >= 11 is 0. The fourth-order valence-corrected chi connectivity index (χ4v) is 11.6. The first kappa shape index (κ1) is 51.4. The van der Waals surface area contributed by atoms with E-state index in [1.54, 1.807) is 60.7 Å². The number of aliphatic hydroxyl groups excluding tert-OH is 2. The van der Waals surface area contributed by atoms with Gasteiger partial charge in [-0.05, 0) is 81.3 Å². The van der Waals surface area contributed by atoms with Gasteiger partial charge in [-0.25, -0.2) is 19.4 Å². The molecule has 20 nitrogen and oxygen atoms in total. The van der Waals surface area contributed by atoms with Crippen molar-refractivity contribution in [1.82, 2.24) is 9.80 Å². The number of anilines is 2. The maximum atomic E-state index is 13.9. The number of carbonyl (C=O) groups excluding carboxylic acids is 4. The number of hydrogen-bond donors (Lipinski definition) is 6. The van der Waals surface area contributed by atoms with E-state index in [-0.39, 0.29) is 83.4 Å². The molecule has 4 atom stereocenters. The summed E-state index contributed by atoms with van der Waals surface area (Å²) in [5.41, 5.74) is 0.260. The molecule has 71 heavy (non-hydrogen) atoms. The van der Waals surface area contributed by atoms with Crippen LogP contribution in [0.2, 0.25) is 0 Å². The maximum absolute atomic E-state index is 13.9. The fourth-order valence-electron chi connectivity index (χ4n) is 9.33. The SMILES string of the molecule is COc1cc2c(cc1OCCCCCOc1cc3c(cc1OC)C(=O)N1CCC[C@H]1[C@H](O)N3C(=O)OCCS(O)(O)c1ccccc1)N(C(=O)OCCS(O)(O)c1ccccc1)[C@@H](O)C1CCCN1C2=O. The highest BCUT2D eigenvalue weighted by Crippen LogP contribution is 2.49.